The summed E-state index contributed by atoms with van der Waals surface area (Å²) < 4.78 is 27.7. The van der Waals surface area contributed by atoms with E-state index in [4.69, 9.17) is 11.6 Å². The van der Waals surface area contributed by atoms with Gasteiger partial charge in [0, 0.05) is 22.3 Å². The molecule has 1 aliphatic rings. The van der Waals surface area contributed by atoms with Crippen molar-refractivity contribution in [1.82, 2.24) is 0 Å². The van der Waals surface area contributed by atoms with Crippen LogP contribution in [0.25, 0.3) is 0 Å². The van der Waals surface area contributed by atoms with Crippen LogP contribution in [0.15, 0.2) is 77.7 Å². The van der Waals surface area contributed by atoms with E-state index in [-0.39, 0.29) is 16.8 Å². The summed E-state index contributed by atoms with van der Waals surface area (Å²) in [6.07, 6.45) is 0.545. The van der Waals surface area contributed by atoms with Gasteiger partial charge in [-0.3, -0.25) is 9.10 Å². The highest BCUT2D eigenvalue weighted by atomic mass is 35.5. The Bertz CT molecular complexity index is 1160. The Balaban J connectivity index is 1.62. The number of anilines is 2. The van der Waals surface area contributed by atoms with Crippen molar-refractivity contribution in [2.24, 2.45) is 0 Å². The van der Waals surface area contributed by atoms with Crippen LogP contribution in [0.5, 0.6) is 0 Å². The Hall–Kier alpha value is -2.83. The van der Waals surface area contributed by atoms with Gasteiger partial charge in [0.15, 0.2) is 0 Å². The highest BCUT2D eigenvalue weighted by molar-refractivity contribution is 7.92. The van der Waals surface area contributed by atoms with Crippen LogP contribution in [0.3, 0.4) is 0 Å². The Morgan fingerprint density at radius 2 is 1.72 bits per heavy atom. The number of carbonyl (C=O) groups excluding carboxylic acids is 1. The summed E-state index contributed by atoms with van der Waals surface area (Å²) in [7, 11) is -3.67. The van der Waals surface area contributed by atoms with Crippen molar-refractivity contribution in [3.8, 4) is 0 Å². The maximum Gasteiger partial charge on any atom is 0.264 e. The van der Waals surface area contributed by atoms with Gasteiger partial charge in [-0.15, -0.1) is 0 Å². The minimum atomic E-state index is -3.67. The quantitative estimate of drug-likeness (QED) is 0.655. The first kappa shape index (κ1) is 19.5. The Morgan fingerprint density at radius 1 is 1.03 bits per heavy atom. The Kier molecular flexibility index (Phi) is 5.06. The normalized spacial score (nSPS) is 15.8. The van der Waals surface area contributed by atoms with Crippen LogP contribution in [-0.4, -0.2) is 20.4 Å². The third-order valence-electron chi connectivity index (χ3n) is 4.90. The lowest BCUT2D eigenvalue weighted by molar-refractivity contribution is 0.102. The van der Waals surface area contributed by atoms with Gasteiger partial charge in [0.1, 0.15) is 0 Å². The fourth-order valence-electron chi connectivity index (χ4n) is 3.55. The number of hydrogen-bond acceptors (Lipinski definition) is 3. The van der Waals surface area contributed by atoms with E-state index in [2.05, 4.69) is 5.32 Å². The largest absolute Gasteiger partial charge is 0.322 e. The van der Waals surface area contributed by atoms with Crippen molar-refractivity contribution in [2.45, 2.75) is 24.3 Å². The van der Waals surface area contributed by atoms with Crippen molar-refractivity contribution in [2.75, 3.05) is 9.62 Å². The summed E-state index contributed by atoms with van der Waals surface area (Å²) in [5.41, 5.74) is 2.57. The van der Waals surface area contributed by atoms with Gasteiger partial charge in [-0.1, -0.05) is 29.8 Å². The molecule has 7 heteroatoms. The molecule has 1 atom stereocenters. The number of sulfonamides is 1. The standard InChI is InChI=1S/C22H19ClN2O3S/c1-15-13-17-14-16(22(26)24-19-10-8-18(23)9-11-19)7-12-21(17)25(15)29(27,28)20-5-3-2-4-6-20/h2-12,14-15H,13H2,1H3,(H,24,26)/t15-/m0/s1. The number of rotatable bonds is 4. The molecule has 0 aliphatic carbocycles. The summed E-state index contributed by atoms with van der Waals surface area (Å²) in [6.45, 7) is 1.87. The number of nitrogens with one attached hydrogen (secondary N) is 1. The molecule has 3 aromatic carbocycles. The number of hydrogen-bond donors (Lipinski definition) is 1. The SMILES string of the molecule is C[C@H]1Cc2cc(C(=O)Nc3ccc(Cl)cc3)ccc2N1S(=O)(=O)c1ccccc1. The van der Waals surface area contributed by atoms with E-state index < -0.39 is 10.0 Å². The van der Waals surface area contributed by atoms with Gasteiger partial charge < -0.3 is 5.32 Å². The zero-order valence-corrected chi connectivity index (χ0v) is 17.2. The molecule has 0 saturated carbocycles. The molecule has 1 heterocycles. The number of fused-ring (bicyclic) bond motifs is 1. The second kappa shape index (κ2) is 7.54. The molecular weight excluding hydrogens is 408 g/mol. The summed E-state index contributed by atoms with van der Waals surface area (Å²) in [5, 5.41) is 3.42. The van der Waals surface area contributed by atoms with E-state index in [0.717, 1.165) is 5.56 Å². The molecule has 0 fully saturated rings. The third-order valence-corrected chi connectivity index (χ3v) is 7.09. The van der Waals surface area contributed by atoms with E-state index in [9.17, 15) is 13.2 Å². The van der Waals surface area contributed by atoms with E-state index in [1.54, 1.807) is 72.8 Å². The average Bonchev–Trinajstić information content (AvgIpc) is 3.06. The molecule has 0 unspecified atom stereocenters. The number of benzene rings is 3. The Morgan fingerprint density at radius 3 is 2.41 bits per heavy atom. The number of amides is 1. The molecule has 0 spiro atoms. The van der Waals surface area contributed by atoms with Crippen molar-refractivity contribution >= 4 is 38.9 Å². The zero-order chi connectivity index (χ0) is 20.6. The number of carbonyl (C=O) groups is 1. The van der Waals surface area contributed by atoms with E-state index >= 15 is 0 Å². The van der Waals surface area contributed by atoms with Gasteiger partial charge in [0.2, 0.25) is 0 Å². The van der Waals surface area contributed by atoms with Gasteiger partial charge in [0.05, 0.1) is 10.6 Å². The van der Waals surface area contributed by atoms with Gasteiger partial charge >= 0.3 is 0 Å². The van der Waals surface area contributed by atoms with Crippen LogP contribution in [0.4, 0.5) is 11.4 Å². The lowest BCUT2D eigenvalue weighted by Gasteiger charge is -2.24. The molecule has 4 rings (SSSR count). The monoisotopic (exact) mass is 426 g/mol. The van der Waals surface area contributed by atoms with Crippen molar-refractivity contribution in [1.29, 1.82) is 0 Å². The predicted octanol–water partition coefficient (Wildman–Crippen LogP) is 4.73. The second-order valence-electron chi connectivity index (χ2n) is 6.97. The smallest absolute Gasteiger partial charge is 0.264 e. The third kappa shape index (κ3) is 3.73. The van der Waals surface area contributed by atoms with Crippen LogP contribution in [0, 0.1) is 0 Å². The topological polar surface area (TPSA) is 66.5 Å². The maximum absolute atomic E-state index is 13.1. The Labute approximate surface area is 175 Å². The predicted molar refractivity (Wildman–Crippen MR) is 115 cm³/mol. The molecular formula is C22H19ClN2O3S. The molecule has 5 nitrogen and oxygen atoms in total. The molecule has 1 amide bonds. The molecule has 3 aromatic rings. The first-order valence-corrected chi connectivity index (χ1v) is 11.0. The molecule has 29 heavy (non-hydrogen) atoms. The van der Waals surface area contributed by atoms with Crippen LogP contribution in [0.2, 0.25) is 5.02 Å². The van der Waals surface area contributed by atoms with E-state index in [1.807, 2.05) is 6.92 Å². The van der Waals surface area contributed by atoms with Crippen molar-refractivity contribution < 1.29 is 13.2 Å². The van der Waals surface area contributed by atoms with Crippen molar-refractivity contribution in [3.63, 3.8) is 0 Å². The summed E-state index contributed by atoms with van der Waals surface area (Å²) in [6, 6.07) is 20.1. The second-order valence-corrected chi connectivity index (χ2v) is 9.22. The van der Waals surface area contributed by atoms with Gasteiger partial charge in [-0.25, -0.2) is 8.42 Å². The minimum Gasteiger partial charge on any atom is -0.322 e. The van der Waals surface area contributed by atoms with Crippen molar-refractivity contribution in [3.05, 3.63) is 88.9 Å². The fraction of sp³-hybridized carbons (Fsp3) is 0.136. The summed E-state index contributed by atoms with van der Waals surface area (Å²) >= 11 is 5.87. The minimum absolute atomic E-state index is 0.232. The molecule has 1 N–H and O–H groups in total. The van der Waals surface area contributed by atoms with Gasteiger partial charge in [-0.2, -0.15) is 0 Å². The summed E-state index contributed by atoms with van der Waals surface area (Å²) in [5.74, 6) is -0.257. The molecule has 148 valence electrons. The summed E-state index contributed by atoms with van der Waals surface area (Å²) in [4.78, 5) is 12.9. The average molecular weight is 427 g/mol. The maximum atomic E-state index is 13.1. The van der Waals surface area contributed by atoms with Crippen LogP contribution < -0.4 is 9.62 Å². The lowest BCUT2D eigenvalue weighted by atomic mass is 10.1. The number of nitrogens with zero attached hydrogens (tertiary/aromatic N) is 1. The van der Waals surface area contributed by atoms with Gasteiger partial charge in [-0.05, 0) is 73.5 Å². The van der Waals surface area contributed by atoms with Crippen LogP contribution in [-0.2, 0) is 16.4 Å². The molecule has 0 bridgehead atoms. The first-order chi connectivity index (χ1) is 13.9. The highest BCUT2D eigenvalue weighted by Crippen LogP contribution is 2.37. The van der Waals surface area contributed by atoms with E-state index in [0.29, 0.717) is 28.4 Å². The van der Waals surface area contributed by atoms with Crippen LogP contribution in [0.1, 0.15) is 22.8 Å². The van der Waals surface area contributed by atoms with Gasteiger partial charge in [0.25, 0.3) is 15.9 Å². The highest BCUT2D eigenvalue weighted by Gasteiger charge is 2.36. The molecule has 0 saturated heterocycles. The molecule has 1 aliphatic heterocycles. The fourth-order valence-corrected chi connectivity index (χ4v) is 5.39. The molecule has 0 radical (unpaired) electrons. The lowest BCUT2D eigenvalue weighted by Crippen LogP contribution is -2.35. The van der Waals surface area contributed by atoms with E-state index in [1.165, 1.54) is 4.31 Å². The number of halogens is 1. The van der Waals surface area contributed by atoms with Crippen LogP contribution >= 0.6 is 11.6 Å². The molecule has 0 aromatic heterocycles. The zero-order valence-electron chi connectivity index (χ0n) is 15.7. The first-order valence-electron chi connectivity index (χ1n) is 9.15.